The van der Waals surface area contributed by atoms with Crippen LogP contribution in [-0.2, 0) is 5.75 Å². The maximum absolute atomic E-state index is 10.3. The molecule has 1 aromatic rings. The quantitative estimate of drug-likeness (QED) is 0.376. The fourth-order valence-corrected chi connectivity index (χ4v) is 2.50. The van der Waals surface area contributed by atoms with Gasteiger partial charge in [-0.15, -0.1) is 0 Å². The summed E-state index contributed by atoms with van der Waals surface area (Å²) in [7, 11) is 1.64. The van der Waals surface area contributed by atoms with Gasteiger partial charge in [-0.25, -0.2) is 4.98 Å². The number of hydrogen-bond donors (Lipinski definition) is 3. The zero-order valence-electron chi connectivity index (χ0n) is 9.77. The molecule has 1 aromatic heterocycles. The summed E-state index contributed by atoms with van der Waals surface area (Å²) in [6, 6.07) is 0. The molecule has 3 N–H and O–H groups in total. The van der Waals surface area contributed by atoms with Crippen LogP contribution in [0.25, 0.3) is 0 Å². The first-order chi connectivity index (χ1) is 8.63. The fraction of sp³-hybridized carbons (Fsp3) is 0.444. The topological polar surface area (TPSA) is 95.9 Å². The largest absolute Gasteiger partial charge is 0.370 e. The number of halogens is 1. The summed E-state index contributed by atoms with van der Waals surface area (Å²) in [6.07, 6.45) is 2.55. The highest BCUT2D eigenvalue weighted by Crippen LogP contribution is 2.16. The molecule has 0 unspecified atom stereocenters. The third kappa shape index (κ3) is 5.41. The Morgan fingerprint density at radius 3 is 3.11 bits per heavy atom. The predicted molar refractivity (Wildman–Crippen MR) is 74.6 cm³/mol. The Morgan fingerprint density at radius 1 is 1.78 bits per heavy atom. The van der Waals surface area contributed by atoms with Gasteiger partial charge in [-0.05, 0) is 15.9 Å². The molecule has 0 aliphatic rings. The highest BCUT2D eigenvalue weighted by molar-refractivity contribution is 9.10. The fourth-order valence-electron chi connectivity index (χ4n) is 1.14. The van der Waals surface area contributed by atoms with E-state index in [0.717, 1.165) is 28.0 Å². The summed E-state index contributed by atoms with van der Waals surface area (Å²) in [6.45, 7) is 0.650. The van der Waals surface area contributed by atoms with Crippen LogP contribution in [0, 0.1) is 10.1 Å². The molecule has 0 saturated carbocycles. The van der Waals surface area contributed by atoms with Crippen molar-refractivity contribution >= 4 is 27.7 Å². The molecule has 7 nitrogen and oxygen atoms in total. The standard InChI is InChI=1S/C9H14BrN5O2S/c1-11-8(4-15(16)17)12-2-3-18-5-7-9(10)14-6-13-7/h4,6,11-12H,2-3,5H2,1H3,(H,13,14). The van der Waals surface area contributed by atoms with Crippen LogP contribution in [0.15, 0.2) is 23.0 Å². The van der Waals surface area contributed by atoms with E-state index in [9.17, 15) is 10.1 Å². The number of aromatic amines is 1. The first-order valence-electron chi connectivity index (χ1n) is 5.16. The van der Waals surface area contributed by atoms with Crippen LogP contribution in [0.4, 0.5) is 0 Å². The Bertz CT molecular complexity index is 423. The molecule has 0 saturated heterocycles. The average Bonchev–Trinajstić information content (AvgIpc) is 2.72. The van der Waals surface area contributed by atoms with Gasteiger partial charge < -0.3 is 15.6 Å². The van der Waals surface area contributed by atoms with E-state index in [1.165, 1.54) is 0 Å². The molecule has 0 amide bonds. The van der Waals surface area contributed by atoms with Gasteiger partial charge in [0.05, 0.1) is 16.9 Å². The number of imidazole rings is 1. The molecule has 9 heteroatoms. The van der Waals surface area contributed by atoms with E-state index < -0.39 is 4.92 Å². The Balaban J connectivity index is 2.19. The lowest BCUT2D eigenvalue weighted by Crippen LogP contribution is -2.26. The smallest absolute Gasteiger partial charge is 0.274 e. The van der Waals surface area contributed by atoms with Crippen molar-refractivity contribution in [3.05, 3.63) is 38.8 Å². The molecule has 100 valence electrons. The van der Waals surface area contributed by atoms with Gasteiger partial charge in [0.2, 0.25) is 0 Å². The molecule has 0 aromatic carbocycles. The van der Waals surface area contributed by atoms with E-state index >= 15 is 0 Å². The second-order valence-corrected chi connectivity index (χ2v) is 5.09. The Hall–Kier alpha value is -1.22. The lowest BCUT2D eigenvalue weighted by molar-refractivity contribution is -0.404. The Labute approximate surface area is 117 Å². The number of nitrogens with zero attached hydrogens (tertiary/aromatic N) is 2. The minimum Gasteiger partial charge on any atom is -0.370 e. The van der Waals surface area contributed by atoms with Gasteiger partial charge in [0.25, 0.3) is 6.20 Å². The first kappa shape index (κ1) is 14.8. The van der Waals surface area contributed by atoms with Crippen LogP contribution in [0.1, 0.15) is 5.69 Å². The molecule has 0 radical (unpaired) electrons. The minimum atomic E-state index is -0.492. The number of H-pyrrole nitrogens is 1. The molecule has 1 rings (SSSR count). The van der Waals surface area contributed by atoms with Gasteiger partial charge >= 0.3 is 0 Å². The summed E-state index contributed by atoms with van der Waals surface area (Å²) in [5.41, 5.74) is 1.04. The van der Waals surface area contributed by atoms with Gasteiger partial charge in [0, 0.05) is 25.1 Å². The van der Waals surface area contributed by atoms with E-state index in [0.29, 0.717) is 12.4 Å². The number of nitro groups is 1. The molecule has 0 bridgehead atoms. The highest BCUT2D eigenvalue weighted by Gasteiger charge is 2.02. The first-order valence-corrected chi connectivity index (χ1v) is 7.10. The molecular weight excluding hydrogens is 322 g/mol. The van der Waals surface area contributed by atoms with Gasteiger partial charge in [0.15, 0.2) is 5.82 Å². The maximum Gasteiger partial charge on any atom is 0.274 e. The normalized spacial score (nSPS) is 11.3. The van der Waals surface area contributed by atoms with Crippen molar-refractivity contribution in [1.82, 2.24) is 20.6 Å². The van der Waals surface area contributed by atoms with Crippen molar-refractivity contribution in [2.75, 3.05) is 19.3 Å². The van der Waals surface area contributed by atoms with Gasteiger partial charge in [0.1, 0.15) is 4.60 Å². The van der Waals surface area contributed by atoms with E-state index in [1.54, 1.807) is 25.1 Å². The lowest BCUT2D eigenvalue weighted by atomic mass is 10.6. The third-order valence-electron chi connectivity index (χ3n) is 1.98. The monoisotopic (exact) mass is 335 g/mol. The number of aromatic nitrogens is 2. The van der Waals surface area contributed by atoms with Crippen molar-refractivity contribution in [3.8, 4) is 0 Å². The third-order valence-corrected chi connectivity index (χ3v) is 3.65. The molecule has 0 aliphatic carbocycles. The van der Waals surface area contributed by atoms with Gasteiger partial charge in [-0.3, -0.25) is 10.1 Å². The summed E-state index contributed by atoms with van der Waals surface area (Å²) < 4.78 is 0.826. The van der Waals surface area contributed by atoms with Gasteiger partial charge in [-0.2, -0.15) is 11.8 Å². The van der Waals surface area contributed by atoms with Crippen molar-refractivity contribution in [2.45, 2.75) is 5.75 Å². The molecule has 0 atom stereocenters. The summed E-state index contributed by atoms with van der Waals surface area (Å²) in [5, 5.41) is 15.9. The van der Waals surface area contributed by atoms with Crippen LogP contribution in [-0.4, -0.2) is 34.2 Å². The minimum absolute atomic E-state index is 0.406. The van der Waals surface area contributed by atoms with Crippen molar-refractivity contribution in [1.29, 1.82) is 0 Å². The van der Waals surface area contributed by atoms with Crippen LogP contribution in [0.2, 0.25) is 0 Å². The maximum atomic E-state index is 10.3. The molecule has 1 heterocycles. The Kier molecular flexibility index (Phi) is 6.58. The highest BCUT2D eigenvalue weighted by atomic mass is 79.9. The molecule has 0 fully saturated rings. The number of nitrogens with one attached hydrogen (secondary N) is 3. The van der Waals surface area contributed by atoms with E-state index in [-0.39, 0.29) is 0 Å². The zero-order valence-corrected chi connectivity index (χ0v) is 12.2. The molecule has 0 aliphatic heterocycles. The van der Waals surface area contributed by atoms with Crippen LogP contribution < -0.4 is 10.6 Å². The van der Waals surface area contributed by atoms with Crippen molar-refractivity contribution < 1.29 is 4.92 Å². The SMILES string of the molecule is CNC(=C[N+](=O)[O-])NCCSCc1[nH]cnc1Br. The summed E-state index contributed by atoms with van der Waals surface area (Å²) >= 11 is 5.04. The van der Waals surface area contributed by atoms with Crippen LogP contribution in [0.5, 0.6) is 0 Å². The number of rotatable bonds is 8. The zero-order chi connectivity index (χ0) is 13.4. The van der Waals surface area contributed by atoms with Gasteiger partial charge in [-0.1, -0.05) is 0 Å². The summed E-state index contributed by atoms with van der Waals surface area (Å²) in [4.78, 5) is 16.8. The average molecular weight is 336 g/mol. The van der Waals surface area contributed by atoms with E-state index in [2.05, 4.69) is 36.5 Å². The lowest BCUT2D eigenvalue weighted by Gasteiger charge is -2.07. The molecule has 18 heavy (non-hydrogen) atoms. The molecular formula is C9H14BrN5O2S. The second-order valence-electron chi connectivity index (χ2n) is 3.23. The van der Waals surface area contributed by atoms with E-state index in [4.69, 9.17) is 0 Å². The van der Waals surface area contributed by atoms with E-state index in [1.807, 2.05) is 0 Å². The second kappa shape index (κ2) is 7.98. The van der Waals surface area contributed by atoms with Crippen molar-refractivity contribution in [3.63, 3.8) is 0 Å². The van der Waals surface area contributed by atoms with Crippen LogP contribution in [0.3, 0.4) is 0 Å². The number of thioether (sulfide) groups is 1. The van der Waals surface area contributed by atoms with Crippen molar-refractivity contribution in [2.24, 2.45) is 0 Å². The van der Waals surface area contributed by atoms with Crippen LogP contribution >= 0.6 is 27.7 Å². The number of hydrogen-bond acceptors (Lipinski definition) is 6. The summed E-state index contributed by atoms with van der Waals surface area (Å²) in [5.74, 6) is 2.06. The molecule has 0 spiro atoms. The predicted octanol–water partition coefficient (Wildman–Crippen LogP) is 1.29. The Morgan fingerprint density at radius 2 is 2.56 bits per heavy atom.